The van der Waals surface area contributed by atoms with Gasteiger partial charge in [0.1, 0.15) is 12.7 Å². The van der Waals surface area contributed by atoms with Gasteiger partial charge >= 0.3 is 19.8 Å². The fourth-order valence-electron chi connectivity index (χ4n) is 4.38. The van der Waals surface area contributed by atoms with Crippen LogP contribution >= 0.6 is 7.82 Å². The van der Waals surface area contributed by atoms with E-state index in [2.05, 4.69) is 11.4 Å². The molecule has 3 atom stereocenters. The highest BCUT2D eigenvalue weighted by atomic mass is 31.2. The number of carbonyl (C=O) groups excluding carboxylic acids is 2. The topological polar surface area (TPSA) is 149 Å². The summed E-state index contributed by atoms with van der Waals surface area (Å²) in [5.74, 6) is -0.959. The SMILES string of the molecule is CCCCCCCCCCCCCCCCCCCC(=O)OC(COC(=O)CCCC)COP(=O)(O)OCC(O)CO. The molecule has 0 radical (unpaired) electrons. The number of carbonyl (C=O) groups is 2. The molecule has 0 heterocycles. The van der Waals surface area contributed by atoms with Crippen molar-refractivity contribution in [2.45, 2.75) is 161 Å². The summed E-state index contributed by atoms with van der Waals surface area (Å²) in [5.41, 5.74) is 0. The smallest absolute Gasteiger partial charge is 0.462 e. The molecule has 0 saturated heterocycles. The second-order valence-electron chi connectivity index (χ2n) is 11.2. The number of rotatable bonds is 31. The number of aliphatic hydroxyl groups is 2. The quantitative estimate of drug-likeness (QED) is 0.0412. The van der Waals surface area contributed by atoms with Crippen molar-refractivity contribution in [2.75, 3.05) is 26.4 Å². The van der Waals surface area contributed by atoms with Crippen LogP contribution in [-0.4, -0.2) is 65.7 Å². The molecule has 0 rings (SSSR count). The van der Waals surface area contributed by atoms with E-state index in [-0.39, 0.29) is 19.4 Å². The van der Waals surface area contributed by atoms with Crippen LogP contribution in [0.4, 0.5) is 0 Å². The summed E-state index contributed by atoms with van der Waals surface area (Å²) in [6.45, 7) is 2.10. The fourth-order valence-corrected chi connectivity index (χ4v) is 5.17. The van der Waals surface area contributed by atoms with Gasteiger partial charge in [0, 0.05) is 12.8 Å². The third-order valence-corrected chi connectivity index (χ3v) is 7.96. The summed E-state index contributed by atoms with van der Waals surface area (Å²) >= 11 is 0. The van der Waals surface area contributed by atoms with Crippen LogP contribution < -0.4 is 0 Å². The summed E-state index contributed by atoms with van der Waals surface area (Å²) in [7, 11) is -4.58. The number of phosphoric ester groups is 1. The average Bonchev–Trinajstić information content (AvgIpc) is 2.97. The zero-order valence-corrected chi connectivity index (χ0v) is 27.4. The van der Waals surface area contributed by atoms with Crippen molar-refractivity contribution < 1.29 is 47.8 Å². The van der Waals surface area contributed by atoms with Crippen LogP contribution in [0.1, 0.15) is 149 Å². The van der Waals surface area contributed by atoms with Crippen molar-refractivity contribution >= 4 is 19.8 Å². The molecular weight excluding hydrogens is 563 g/mol. The summed E-state index contributed by atoms with van der Waals surface area (Å²) < 4.78 is 32.0. The molecule has 0 amide bonds. The zero-order chi connectivity index (χ0) is 31.3. The van der Waals surface area contributed by atoms with Crippen LogP contribution in [0, 0.1) is 0 Å². The molecule has 0 aromatic heterocycles. The lowest BCUT2D eigenvalue weighted by atomic mass is 10.0. The van der Waals surface area contributed by atoms with Gasteiger partial charge in [-0.05, 0) is 12.8 Å². The minimum Gasteiger partial charge on any atom is -0.462 e. The van der Waals surface area contributed by atoms with Gasteiger partial charge in [-0.25, -0.2) is 4.57 Å². The maximum atomic E-state index is 12.4. The van der Waals surface area contributed by atoms with Crippen LogP contribution in [0.3, 0.4) is 0 Å². The number of hydrogen-bond donors (Lipinski definition) is 3. The Hall–Kier alpha value is -1.03. The maximum Gasteiger partial charge on any atom is 0.472 e. The molecule has 0 aliphatic carbocycles. The van der Waals surface area contributed by atoms with E-state index in [0.717, 1.165) is 25.7 Å². The Bertz CT molecular complexity index is 691. The van der Waals surface area contributed by atoms with E-state index >= 15 is 0 Å². The predicted molar refractivity (Wildman–Crippen MR) is 164 cm³/mol. The number of phosphoric acid groups is 1. The van der Waals surface area contributed by atoms with Crippen LogP contribution in [0.15, 0.2) is 0 Å². The molecule has 0 spiro atoms. The molecule has 0 bridgehead atoms. The van der Waals surface area contributed by atoms with Gasteiger partial charge in [0.2, 0.25) is 0 Å². The molecule has 0 fully saturated rings. The average molecular weight is 625 g/mol. The largest absolute Gasteiger partial charge is 0.472 e. The lowest BCUT2D eigenvalue weighted by Gasteiger charge is -2.20. The van der Waals surface area contributed by atoms with Crippen molar-refractivity contribution in [3.63, 3.8) is 0 Å². The van der Waals surface area contributed by atoms with Crippen LogP contribution in [0.5, 0.6) is 0 Å². The first-order chi connectivity index (χ1) is 20.2. The van der Waals surface area contributed by atoms with Crippen molar-refractivity contribution in [2.24, 2.45) is 0 Å². The number of hydrogen-bond acceptors (Lipinski definition) is 9. The third-order valence-electron chi connectivity index (χ3n) is 7.01. The highest BCUT2D eigenvalue weighted by Gasteiger charge is 2.27. The minimum atomic E-state index is -4.58. The molecule has 0 saturated carbocycles. The Morgan fingerprint density at radius 2 is 1.05 bits per heavy atom. The van der Waals surface area contributed by atoms with Crippen molar-refractivity contribution in [1.82, 2.24) is 0 Å². The van der Waals surface area contributed by atoms with Gasteiger partial charge < -0.3 is 24.6 Å². The van der Waals surface area contributed by atoms with E-state index in [9.17, 15) is 24.2 Å². The summed E-state index contributed by atoms with van der Waals surface area (Å²) in [6.07, 6.45) is 20.7. The number of esters is 2. The molecule has 250 valence electrons. The Kier molecular flexibility index (Phi) is 28.0. The highest BCUT2D eigenvalue weighted by Crippen LogP contribution is 2.43. The summed E-state index contributed by atoms with van der Waals surface area (Å²) in [5, 5.41) is 18.1. The van der Waals surface area contributed by atoms with E-state index in [1.54, 1.807) is 0 Å². The van der Waals surface area contributed by atoms with Crippen LogP contribution in [0.25, 0.3) is 0 Å². The van der Waals surface area contributed by atoms with Crippen molar-refractivity contribution in [1.29, 1.82) is 0 Å². The Labute approximate surface area is 254 Å². The lowest BCUT2D eigenvalue weighted by Crippen LogP contribution is -2.29. The lowest BCUT2D eigenvalue weighted by molar-refractivity contribution is -0.161. The van der Waals surface area contributed by atoms with Crippen molar-refractivity contribution in [3.8, 4) is 0 Å². The maximum absolute atomic E-state index is 12.4. The molecule has 3 unspecified atom stereocenters. The molecule has 0 aliphatic heterocycles. The predicted octanol–water partition coefficient (Wildman–Crippen LogP) is 7.16. The van der Waals surface area contributed by atoms with Gasteiger partial charge in [-0.15, -0.1) is 0 Å². The van der Waals surface area contributed by atoms with Crippen molar-refractivity contribution in [3.05, 3.63) is 0 Å². The van der Waals surface area contributed by atoms with Crippen LogP contribution in [-0.2, 0) is 32.7 Å². The first-order valence-corrected chi connectivity index (χ1v) is 18.0. The molecule has 10 nitrogen and oxygen atoms in total. The third kappa shape index (κ3) is 27.8. The summed E-state index contributed by atoms with van der Waals surface area (Å²) in [6, 6.07) is 0. The number of unbranched alkanes of at least 4 members (excludes halogenated alkanes) is 17. The zero-order valence-electron chi connectivity index (χ0n) is 26.5. The second-order valence-corrected chi connectivity index (χ2v) is 12.7. The molecule has 0 aliphatic rings. The first-order valence-electron chi connectivity index (χ1n) is 16.5. The molecule has 42 heavy (non-hydrogen) atoms. The van der Waals surface area contributed by atoms with E-state index in [0.29, 0.717) is 12.8 Å². The Balaban J connectivity index is 4.08. The Morgan fingerprint density at radius 1 is 0.619 bits per heavy atom. The van der Waals surface area contributed by atoms with E-state index in [1.807, 2.05) is 6.92 Å². The van der Waals surface area contributed by atoms with E-state index < -0.39 is 51.8 Å². The number of ether oxygens (including phenoxy) is 2. The van der Waals surface area contributed by atoms with Gasteiger partial charge in [0.25, 0.3) is 0 Å². The fraction of sp³-hybridized carbons (Fsp3) is 0.935. The van der Waals surface area contributed by atoms with Crippen LogP contribution in [0.2, 0.25) is 0 Å². The molecule has 3 N–H and O–H groups in total. The van der Waals surface area contributed by atoms with Gasteiger partial charge in [0.05, 0.1) is 19.8 Å². The molecule has 0 aromatic carbocycles. The van der Waals surface area contributed by atoms with Gasteiger partial charge in [-0.3, -0.25) is 18.6 Å². The van der Waals surface area contributed by atoms with Gasteiger partial charge in [-0.1, -0.05) is 123 Å². The monoisotopic (exact) mass is 624 g/mol. The second kappa shape index (κ2) is 28.7. The standard InChI is InChI=1S/C31H61O10P/c1-3-5-7-8-9-10-11-12-13-14-15-16-17-18-19-20-21-23-31(35)41-29(26-38-30(34)22-6-4-2)27-40-42(36,37)39-25-28(33)24-32/h28-29,32-33H,3-27H2,1-2H3,(H,36,37). The molecule has 0 aromatic rings. The first kappa shape index (κ1) is 41.0. The normalized spacial score (nSPS) is 14.3. The number of aliphatic hydroxyl groups excluding tert-OH is 2. The van der Waals surface area contributed by atoms with Gasteiger partial charge in [0.15, 0.2) is 6.10 Å². The molecular formula is C31H61O10P. The molecule has 11 heteroatoms. The minimum absolute atomic E-state index is 0.189. The highest BCUT2D eigenvalue weighted by molar-refractivity contribution is 7.47. The van der Waals surface area contributed by atoms with Gasteiger partial charge in [-0.2, -0.15) is 0 Å². The van der Waals surface area contributed by atoms with E-state index in [1.165, 1.54) is 83.5 Å². The Morgan fingerprint density at radius 3 is 1.52 bits per heavy atom. The summed E-state index contributed by atoms with van der Waals surface area (Å²) in [4.78, 5) is 34.0. The van der Waals surface area contributed by atoms with E-state index in [4.69, 9.17) is 19.1 Å².